The molecule has 156 valence electrons. The molecule has 5 nitrogen and oxygen atoms in total. The molecule has 2 aliphatic heterocycles. The third kappa shape index (κ3) is 5.97. The zero-order valence-corrected chi connectivity index (χ0v) is 17.7. The minimum atomic E-state index is 0.137. The van der Waals surface area contributed by atoms with E-state index in [1.54, 1.807) is 0 Å². The maximum atomic E-state index is 12.3. The van der Waals surface area contributed by atoms with Crippen molar-refractivity contribution < 1.29 is 14.3 Å². The highest BCUT2D eigenvalue weighted by molar-refractivity contribution is 7.09. The van der Waals surface area contributed by atoms with Crippen molar-refractivity contribution in [2.45, 2.75) is 38.6 Å². The Hall–Kier alpha value is -2.05. The third-order valence-electron chi connectivity index (χ3n) is 5.71. The number of fused-ring (bicyclic) bond motifs is 1. The number of aryl methyl sites for hydroxylation is 1. The lowest BCUT2D eigenvalue weighted by atomic mass is 9.96. The van der Waals surface area contributed by atoms with Crippen LogP contribution in [0, 0.1) is 5.92 Å². The standard InChI is InChI=1S/C23H30N2O3S/c26-23(7-5-18-4-6-21-22(15-18)28-13-2-12-27-21)24-16-19-8-10-25(11-9-19)17-20-3-1-14-29-20/h1,3-4,6,14-15,19H,2,5,7-13,16-17H2,(H,24,26). The van der Waals surface area contributed by atoms with Gasteiger partial charge in [-0.2, -0.15) is 0 Å². The van der Waals surface area contributed by atoms with E-state index in [2.05, 4.69) is 27.7 Å². The van der Waals surface area contributed by atoms with E-state index in [-0.39, 0.29) is 5.91 Å². The molecule has 29 heavy (non-hydrogen) atoms. The van der Waals surface area contributed by atoms with Gasteiger partial charge in [0.05, 0.1) is 13.2 Å². The Morgan fingerprint density at radius 2 is 1.97 bits per heavy atom. The maximum absolute atomic E-state index is 12.3. The second-order valence-corrected chi connectivity index (χ2v) is 8.97. The summed E-state index contributed by atoms with van der Waals surface area (Å²) in [4.78, 5) is 16.3. The summed E-state index contributed by atoms with van der Waals surface area (Å²) in [5.41, 5.74) is 1.12. The summed E-state index contributed by atoms with van der Waals surface area (Å²) in [5, 5.41) is 5.29. The van der Waals surface area contributed by atoms with E-state index in [0.29, 0.717) is 25.6 Å². The summed E-state index contributed by atoms with van der Waals surface area (Å²) in [6.07, 6.45) is 4.46. The minimum absolute atomic E-state index is 0.137. The number of nitrogens with one attached hydrogen (secondary N) is 1. The first-order valence-electron chi connectivity index (χ1n) is 10.7. The van der Waals surface area contributed by atoms with Crippen LogP contribution in [0.15, 0.2) is 35.7 Å². The van der Waals surface area contributed by atoms with Crippen LogP contribution in [0.4, 0.5) is 0 Å². The Kier molecular flexibility index (Phi) is 7.06. The van der Waals surface area contributed by atoms with Gasteiger partial charge >= 0.3 is 0 Å². The van der Waals surface area contributed by atoms with Crippen LogP contribution in [0.2, 0.25) is 0 Å². The van der Waals surface area contributed by atoms with Crippen LogP contribution in [-0.2, 0) is 17.8 Å². The lowest BCUT2D eigenvalue weighted by Gasteiger charge is -2.31. The van der Waals surface area contributed by atoms with Gasteiger partial charge in [-0.3, -0.25) is 9.69 Å². The van der Waals surface area contributed by atoms with Crippen molar-refractivity contribution in [3.05, 3.63) is 46.2 Å². The predicted molar refractivity (Wildman–Crippen MR) is 116 cm³/mol. The number of piperidine rings is 1. The molecule has 2 aromatic rings. The molecule has 1 amide bonds. The Bertz CT molecular complexity index is 785. The number of rotatable bonds is 7. The van der Waals surface area contributed by atoms with Crippen molar-refractivity contribution in [1.82, 2.24) is 10.2 Å². The zero-order chi connectivity index (χ0) is 19.9. The number of hydrogen-bond acceptors (Lipinski definition) is 5. The van der Waals surface area contributed by atoms with Gasteiger partial charge in [0.25, 0.3) is 0 Å². The van der Waals surface area contributed by atoms with Crippen LogP contribution in [0.25, 0.3) is 0 Å². The van der Waals surface area contributed by atoms with Crippen LogP contribution in [0.3, 0.4) is 0 Å². The van der Waals surface area contributed by atoms with Crippen LogP contribution in [0.5, 0.6) is 11.5 Å². The molecule has 1 N–H and O–H groups in total. The number of nitrogens with zero attached hydrogens (tertiary/aromatic N) is 1. The summed E-state index contributed by atoms with van der Waals surface area (Å²) >= 11 is 1.83. The van der Waals surface area contributed by atoms with Gasteiger partial charge in [0.2, 0.25) is 5.91 Å². The van der Waals surface area contributed by atoms with Gasteiger partial charge < -0.3 is 14.8 Å². The smallest absolute Gasteiger partial charge is 0.220 e. The molecule has 0 spiro atoms. The van der Waals surface area contributed by atoms with Gasteiger partial charge in [0.1, 0.15) is 0 Å². The molecule has 0 aliphatic carbocycles. The predicted octanol–water partition coefficient (Wildman–Crippen LogP) is 3.87. The molecule has 0 bridgehead atoms. The quantitative estimate of drug-likeness (QED) is 0.747. The van der Waals surface area contributed by atoms with E-state index < -0.39 is 0 Å². The van der Waals surface area contributed by atoms with Crippen molar-refractivity contribution in [2.24, 2.45) is 5.92 Å². The number of hydrogen-bond donors (Lipinski definition) is 1. The molecule has 0 unspecified atom stereocenters. The van der Waals surface area contributed by atoms with Gasteiger partial charge in [-0.25, -0.2) is 0 Å². The molecule has 1 fully saturated rings. The van der Waals surface area contributed by atoms with Gasteiger partial charge in [-0.15, -0.1) is 11.3 Å². The van der Waals surface area contributed by atoms with Crippen molar-refractivity contribution >= 4 is 17.2 Å². The summed E-state index contributed by atoms with van der Waals surface area (Å²) < 4.78 is 11.4. The van der Waals surface area contributed by atoms with Crippen molar-refractivity contribution in [3.8, 4) is 11.5 Å². The van der Waals surface area contributed by atoms with Crippen LogP contribution in [-0.4, -0.2) is 43.7 Å². The lowest BCUT2D eigenvalue weighted by Crippen LogP contribution is -2.38. The number of amides is 1. The summed E-state index contributed by atoms with van der Waals surface area (Å²) in [5.74, 6) is 2.34. The van der Waals surface area contributed by atoms with Crippen molar-refractivity contribution in [1.29, 1.82) is 0 Å². The largest absolute Gasteiger partial charge is 0.490 e. The molecule has 1 aromatic carbocycles. The molecule has 0 saturated carbocycles. The normalized spacial score (nSPS) is 17.7. The molecular weight excluding hydrogens is 384 g/mol. The second kappa shape index (κ2) is 10.1. The van der Waals surface area contributed by atoms with Gasteiger partial charge in [-0.05, 0) is 67.4 Å². The molecular formula is C23H30N2O3S. The average molecular weight is 415 g/mol. The summed E-state index contributed by atoms with van der Waals surface area (Å²) in [6.45, 7) is 5.48. The number of benzene rings is 1. The Morgan fingerprint density at radius 3 is 2.76 bits per heavy atom. The zero-order valence-electron chi connectivity index (χ0n) is 16.9. The Morgan fingerprint density at radius 1 is 1.14 bits per heavy atom. The fourth-order valence-corrected chi connectivity index (χ4v) is 4.69. The molecule has 0 atom stereocenters. The van der Waals surface area contributed by atoms with E-state index >= 15 is 0 Å². The highest BCUT2D eigenvalue weighted by atomic mass is 32.1. The fourth-order valence-electron chi connectivity index (χ4n) is 3.94. The minimum Gasteiger partial charge on any atom is -0.490 e. The number of likely N-dealkylation sites (tertiary alicyclic amines) is 1. The Balaban J connectivity index is 1.15. The fraction of sp³-hybridized carbons (Fsp3) is 0.522. The van der Waals surface area contributed by atoms with Gasteiger partial charge in [0, 0.05) is 30.8 Å². The second-order valence-electron chi connectivity index (χ2n) is 7.93. The number of ether oxygens (including phenoxy) is 2. The third-order valence-corrected chi connectivity index (χ3v) is 6.57. The maximum Gasteiger partial charge on any atom is 0.220 e. The SMILES string of the molecule is O=C(CCc1ccc2c(c1)OCCCO2)NCC1CCN(Cc2cccs2)CC1. The lowest BCUT2D eigenvalue weighted by molar-refractivity contribution is -0.121. The topological polar surface area (TPSA) is 50.8 Å². The molecule has 6 heteroatoms. The van der Waals surface area contributed by atoms with Crippen LogP contribution in [0.1, 0.15) is 36.1 Å². The number of thiophene rings is 1. The highest BCUT2D eigenvalue weighted by Gasteiger charge is 2.20. The number of carbonyl (C=O) groups is 1. The monoisotopic (exact) mass is 414 g/mol. The first kappa shape index (κ1) is 20.2. The Labute approximate surface area is 177 Å². The van der Waals surface area contributed by atoms with Crippen molar-refractivity contribution in [3.63, 3.8) is 0 Å². The van der Waals surface area contributed by atoms with E-state index in [9.17, 15) is 4.79 Å². The molecule has 2 aliphatic rings. The van der Waals surface area contributed by atoms with E-state index in [1.807, 2.05) is 29.5 Å². The molecule has 0 radical (unpaired) electrons. The molecule has 1 saturated heterocycles. The van der Waals surface area contributed by atoms with Crippen LogP contribution >= 0.6 is 11.3 Å². The van der Waals surface area contributed by atoms with E-state index in [1.165, 1.54) is 4.88 Å². The van der Waals surface area contributed by atoms with Gasteiger partial charge in [0.15, 0.2) is 11.5 Å². The van der Waals surface area contributed by atoms with Crippen LogP contribution < -0.4 is 14.8 Å². The molecule has 4 rings (SSSR count). The summed E-state index contributed by atoms with van der Waals surface area (Å²) in [6, 6.07) is 10.3. The first-order chi connectivity index (χ1) is 14.3. The van der Waals surface area contributed by atoms with E-state index in [0.717, 1.165) is 68.9 Å². The molecule has 3 heterocycles. The molecule has 1 aromatic heterocycles. The number of carbonyl (C=O) groups excluding carboxylic acids is 1. The average Bonchev–Trinajstić information content (AvgIpc) is 3.14. The van der Waals surface area contributed by atoms with Crippen molar-refractivity contribution in [2.75, 3.05) is 32.8 Å². The first-order valence-corrected chi connectivity index (χ1v) is 11.5. The summed E-state index contributed by atoms with van der Waals surface area (Å²) in [7, 11) is 0. The highest BCUT2D eigenvalue weighted by Crippen LogP contribution is 2.30. The van der Waals surface area contributed by atoms with E-state index in [4.69, 9.17) is 9.47 Å². The van der Waals surface area contributed by atoms with Gasteiger partial charge in [-0.1, -0.05) is 12.1 Å².